The Labute approximate surface area is 79.6 Å². The van der Waals surface area contributed by atoms with E-state index in [9.17, 15) is 0 Å². The van der Waals surface area contributed by atoms with Crippen molar-refractivity contribution in [2.45, 2.75) is 52.1 Å². The fourth-order valence-electron chi connectivity index (χ4n) is 1.58. The van der Waals surface area contributed by atoms with Crippen LogP contribution in [0.2, 0.25) is 0 Å². The van der Waals surface area contributed by atoms with E-state index in [0.29, 0.717) is 5.92 Å². The van der Waals surface area contributed by atoms with Crippen molar-refractivity contribution in [2.24, 2.45) is 5.92 Å². The topological polar surface area (TPSA) is 42.2 Å². The van der Waals surface area contributed by atoms with Gasteiger partial charge in [0.25, 0.3) is 0 Å². The van der Waals surface area contributed by atoms with Crippen molar-refractivity contribution in [1.82, 2.24) is 0 Å². The van der Waals surface area contributed by atoms with E-state index in [4.69, 9.17) is 14.7 Å². The lowest BCUT2D eigenvalue weighted by molar-refractivity contribution is -0.143. The van der Waals surface area contributed by atoms with Gasteiger partial charge in [-0.05, 0) is 26.2 Å². The van der Waals surface area contributed by atoms with E-state index in [1.54, 1.807) is 0 Å². The average Bonchev–Trinajstić information content (AvgIpc) is 2.24. The van der Waals surface area contributed by atoms with E-state index >= 15 is 0 Å². The predicted molar refractivity (Wildman–Crippen MR) is 48.9 cm³/mol. The molecule has 74 valence electrons. The molecule has 0 unspecified atom stereocenters. The number of rotatable bonds is 2. The molecular weight excluding hydrogens is 166 g/mol. The molecule has 0 aliphatic carbocycles. The maximum atomic E-state index is 8.83. The highest BCUT2D eigenvalue weighted by Gasteiger charge is 2.41. The molecule has 1 rings (SSSR count). The Morgan fingerprint density at radius 1 is 1.38 bits per heavy atom. The molecule has 1 aliphatic rings. The highest BCUT2D eigenvalue weighted by molar-refractivity contribution is 4.96. The monoisotopic (exact) mass is 183 g/mol. The summed E-state index contributed by atoms with van der Waals surface area (Å²) < 4.78 is 11.0. The number of nitriles is 1. The van der Waals surface area contributed by atoms with Gasteiger partial charge in [-0.1, -0.05) is 13.8 Å². The zero-order valence-corrected chi connectivity index (χ0v) is 8.70. The molecule has 0 saturated carbocycles. The van der Waals surface area contributed by atoms with Crippen LogP contribution in [0.4, 0.5) is 0 Å². The number of ether oxygens (including phenoxy) is 2. The van der Waals surface area contributed by atoms with Gasteiger partial charge in [0.1, 0.15) is 6.10 Å². The van der Waals surface area contributed by atoms with Crippen LogP contribution in [0.25, 0.3) is 0 Å². The second-order valence-corrected chi connectivity index (χ2v) is 4.35. The van der Waals surface area contributed by atoms with E-state index in [1.807, 2.05) is 13.8 Å². The van der Waals surface area contributed by atoms with Gasteiger partial charge in [0.05, 0.1) is 6.07 Å². The standard InChI is InChI=1S/C10H17NO2/c1-7(2)5-8-9(6-11)13-10(3,4)12-8/h7-9H,5H2,1-4H3/t8-,9-/m0/s1. The molecule has 3 heteroatoms. The van der Waals surface area contributed by atoms with Crippen molar-refractivity contribution in [1.29, 1.82) is 5.26 Å². The first-order chi connectivity index (χ1) is 5.94. The van der Waals surface area contributed by atoms with Crippen molar-refractivity contribution in [3.8, 4) is 6.07 Å². The Bertz CT molecular complexity index is 217. The largest absolute Gasteiger partial charge is 0.343 e. The Morgan fingerprint density at radius 3 is 2.46 bits per heavy atom. The van der Waals surface area contributed by atoms with Crippen LogP contribution < -0.4 is 0 Å². The molecule has 1 heterocycles. The second-order valence-electron chi connectivity index (χ2n) is 4.35. The minimum atomic E-state index is -0.597. The summed E-state index contributed by atoms with van der Waals surface area (Å²) in [5.74, 6) is -0.0710. The number of hydrogen-bond donors (Lipinski definition) is 0. The van der Waals surface area contributed by atoms with Crippen LogP contribution in [0.5, 0.6) is 0 Å². The lowest BCUT2D eigenvalue weighted by Gasteiger charge is -2.17. The molecule has 13 heavy (non-hydrogen) atoms. The molecule has 0 aromatic rings. The molecule has 0 bridgehead atoms. The molecule has 0 aromatic carbocycles. The van der Waals surface area contributed by atoms with Crippen LogP contribution in [0.3, 0.4) is 0 Å². The first kappa shape index (κ1) is 10.5. The van der Waals surface area contributed by atoms with Gasteiger partial charge < -0.3 is 9.47 Å². The Hall–Kier alpha value is -0.590. The Morgan fingerprint density at radius 2 is 2.00 bits per heavy atom. The molecule has 0 radical (unpaired) electrons. The van der Waals surface area contributed by atoms with Crippen molar-refractivity contribution in [2.75, 3.05) is 0 Å². The first-order valence-electron chi connectivity index (χ1n) is 4.70. The van der Waals surface area contributed by atoms with E-state index in [0.717, 1.165) is 6.42 Å². The van der Waals surface area contributed by atoms with Crippen molar-refractivity contribution < 1.29 is 9.47 Å². The molecule has 0 N–H and O–H groups in total. The Balaban J connectivity index is 2.60. The van der Waals surface area contributed by atoms with Gasteiger partial charge in [-0.15, -0.1) is 0 Å². The summed E-state index contributed by atoms with van der Waals surface area (Å²) in [6.07, 6.45) is 0.402. The molecular formula is C10H17NO2. The SMILES string of the molecule is CC(C)C[C@@H]1OC(C)(C)O[C@H]1C#N. The quantitative estimate of drug-likeness (QED) is 0.658. The van der Waals surface area contributed by atoms with Crippen LogP contribution in [-0.2, 0) is 9.47 Å². The molecule has 0 aromatic heterocycles. The van der Waals surface area contributed by atoms with Crippen molar-refractivity contribution >= 4 is 0 Å². The van der Waals surface area contributed by atoms with Crippen LogP contribution in [0.15, 0.2) is 0 Å². The summed E-state index contributed by atoms with van der Waals surface area (Å²) in [4.78, 5) is 0. The number of nitrogens with zero attached hydrogens (tertiary/aromatic N) is 1. The van der Waals surface area contributed by atoms with Crippen LogP contribution >= 0.6 is 0 Å². The van der Waals surface area contributed by atoms with Gasteiger partial charge in [-0.2, -0.15) is 5.26 Å². The van der Waals surface area contributed by atoms with Crippen molar-refractivity contribution in [3.05, 3.63) is 0 Å². The number of hydrogen-bond acceptors (Lipinski definition) is 3. The van der Waals surface area contributed by atoms with Gasteiger partial charge in [-0.25, -0.2) is 0 Å². The zero-order valence-electron chi connectivity index (χ0n) is 8.70. The average molecular weight is 183 g/mol. The van der Waals surface area contributed by atoms with Crippen molar-refractivity contribution in [3.63, 3.8) is 0 Å². The third-order valence-electron chi connectivity index (χ3n) is 2.01. The predicted octanol–water partition coefficient (Wildman–Crippen LogP) is 2.08. The van der Waals surface area contributed by atoms with Gasteiger partial charge >= 0.3 is 0 Å². The summed E-state index contributed by atoms with van der Waals surface area (Å²) in [6.45, 7) is 7.92. The van der Waals surface area contributed by atoms with E-state index in [2.05, 4.69) is 19.9 Å². The fourth-order valence-corrected chi connectivity index (χ4v) is 1.58. The van der Waals surface area contributed by atoms with Crippen LogP contribution in [0, 0.1) is 17.2 Å². The maximum Gasteiger partial charge on any atom is 0.173 e. The molecule has 0 amide bonds. The van der Waals surface area contributed by atoms with Gasteiger partial charge in [0.15, 0.2) is 11.9 Å². The first-order valence-corrected chi connectivity index (χ1v) is 4.70. The molecule has 1 fully saturated rings. The minimum absolute atomic E-state index is 0.0694. The molecule has 1 saturated heterocycles. The highest BCUT2D eigenvalue weighted by Crippen LogP contribution is 2.30. The van der Waals surface area contributed by atoms with Gasteiger partial charge in [0.2, 0.25) is 0 Å². The third-order valence-corrected chi connectivity index (χ3v) is 2.01. The Kier molecular flexibility index (Phi) is 2.94. The highest BCUT2D eigenvalue weighted by atomic mass is 16.7. The summed E-state index contributed by atoms with van der Waals surface area (Å²) >= 11 is 0. The van der Waals surface area contributed by atoms with Gasteiger partial charge in [-0.3, -0.25) is 0 Å². The minimum Gasteiger partial charge on any atom is -0.343 e. The maximum absolute atomic E-state index is 8.83. The summed E-state index contributed by atoms with van der Waals surface area (Å²) in [6, 6.07) is 2.13. The van der Waals surface area contributed by atoms with E-state index in [1.165, 1.54) is 0 Å². The summed E-state index contributed by atoms with van der Waals surface area (Å²) in [5, 5.41) is 8.83. The normalized spacial score (nSPS) is 32.0. The second kappa shape index (κ2) is 3.65. The summed E-state index contributed by atoms with van der Waals surface area (Å²) in [7, 11) is 0. The molecule has 2 atom stereocenters. The third kappa shape index (κ3) is 2.68. The van der Waals surface area contributed by atoms with E-state index < -0.39 is 11.9 Å². The lowest BCUT2D eigenvalue weighted by Crippen LogP contribution is -2.22. The van der Waals surface area contributed by atoms with E-state index in [-0.39, 0.29) is 6.10 Å². The smallest absolute Gasteiger partial charge is 0.173 e. The molecule has 3 nitrogen and oxygen atoms in total. The summed E-state index contributed by atoms with van der Waals surface area (Å²) in [5.41, 5.74) is 0. The molecule has 1 aliphatic heterocycles. The zero-order chi connectivity index (χ0) is 10.1. The fraction of sp³-hybridized carbons (Fsp3) is 0.900. The van der Waals surface area contributed by atoms with Crippen LogP contribution in [0.1, 0.15) is 34.1 Å². The van der Waals surface area contributed by atoms with Gasteiger partial charge in [0, 0.05) is 0 Å². The molecule has 0 spiro atoms. The lowest BCUT2D eigenvalue weighted by atomic mass is 10.0. The van der Waals surface area contributed by atoms with Crippen LogP contribution in [-0.4, -0.2) is 18.0 Å².